The van der Waals surface area contributed by atoms with Gasteiger partial charge in [0.2, 0.25) is 5.95 Å². The number of rotatable bonds is 6. The number of aryl methyl sites for hydroxylation is 1. The lowest BCUT2D eigenvalue weighted by molar-refractivity contribution is -0.274. The lowest BCUT2D eigenvalue weighted by Gasteiger charge is -2.29. The Balaban J connectivity index is 1.71. The zero-order valence-electron chi connectivity index (χ0n) is 19.4. The number of benzene rings is 2. The molecule has 9 heteroatoms. The number of nitrogens with zero attached hydrogens (tertiary/aromatic N) is 2. The summed E-state index contributed by atoms with van der Waals surface area (Å²) in [5.41, 5.74) is 4.14. The number of fused-ring (bicyclic) bond motifs is 1. The highest BCUT2D eigenvalue weighted by Gasteiger charge is 2.31. The van der Waals surface area contributed by atoms with E-state index in [-0.39, 0.29) is 24.2 Å². The molecular formula is C25H28F3N3O3. The molecule has 1 fully saturated rings. The Morgan fingerprint density at radius 1 is 1.21 bits per heavy atom. The molecule has 4 rings (SSSR count). The minimum Gasteiger partial charge on any atom is -0.469 e. The van der Waals surface area contributed by atoms with E-state index in [2.05, 4.69) is 21.5 Å². The van der Waals surface area contributed by atoms with Crippen LogP contribution in [0.15, 0.2) is 36.4 Å². The number of ether oxygens (including phenoxy) is 2. The van der Waals surface area contributed by atoms with Gasteiger partial charge in [-0.15, -0.1) is 13.2 Å². The quantitative estimate of drug-likeness (QED) is 0.415. The van der Waals surface area contributed by atoms with E-state index in [1.807, 2.05) is 19.1 Å². The average molecular weight is 476 g/mol. The number of hydrogen-bond acceptors (Lipinski definition) is 5. The summed E-state index contributed by atoms with van der Waals surface area (Å²) >= 11 is 0. The van der Waals surface area contributed by atoms with Gasteiger partial charge >= 0.3 is 12.3 Å². The molecule has 0 bridgehead atoms. The van der Waals surface area contributed by atoms with Crippen LogP contribution in [0.5, 0.6) is 5.75 Å². The van der Waals surface area contributed by atoms with Gasteiger partial charge in [0.25, 0.3) is 0 Å². The zero-order valence-corrected chi connectivity index (χ0v) is 19.4. The normalized spacial score (nSPS) is 18.6. The fraction of sp³-hybridized carbons (Fsp3) is 0.440. The number of hydrogen-bond donors (Lipinski definition) is 1. The van der Waals surface area contributed by atoms with E-state index in [4.69, 9.17) is 9.72 Å². The van der Waals surface area contributed by atoms with Gasteiger partial charge in [-0.05, 0) is 73.2 Å². The number of esters is 1. The van der Waals surface area contributed by atoms with Crippen molar-refractivity contribution in [2.45, 2.75) is 58.4 Å². The molecule has 1 heterocycles. The molecule has 1 saturated carbocycles. The van der Waals surface area contributed by atoms with E-state index in [1.54, 1.807) is 0 Å². The Labute approximate surface area is 196 Å². The van der Waals surface area contributed by atoms with Gasteiger partial charge in [-0.2, -0.15) is 0 Å². The van der Waals surface area contributed by atoms with E-state index >= 15 is 0 Å². The minimum atomic E-state index is -4.74. The number of alkyl halides is 3. The number of nitrogens with one attached hydrogen (secondary N) is 1. The van der Waals surface area contributed by atoms with Crippen LogP contribution in [0, 0.1) is 12.8 Å². The van der Waals surface area contributed by atoms with Crippen LogP contribution in [0.25, 0.3) is 11.0 Å². The van der Waals surface area contributed by atoms with E-state index in [9.17, 15) is 18.0 Å². The highest BCUT2D eigenvalue weighted by Crippen LogP contribution is 2.38. The van der Waals surface area contributed by atoms with Crippen molar-refractivity contribution in [3.63, 3.8) is 0 Å². The van der Waals surface area contributed by atoms with Crippen LogP contribution in [0.3, 0.4) is 0 Å². The molecule has 0 radical (unpaired) electrons. The second-order valence-corrected chi connectivity index (χ2v) is 8.95. The number of imidazole rings is 1. The number of aromatic nitrogens is 2. The van der Waals surface area contributed by atoms with Crippen molar-refractivity contribution in [2.24, 2.45) is 5.92 Å². The predicted molar refractivity (Wildman–Crippen MR) is 123 cm³/mol. The van der Waals surface area contributed by atoms with E-state index in [0.717, 1.165) is 41.4 Å². The molecule has 2 unspecified atom stereocenters. The van der Waals surface area contributed by atoms with Crippen molar-refractivity contribution >= 4 is 28.6 Å². The van der Waals surface area contributed by atoms with Crippen LogP contribution >= 0.6 is 0 Å². The monoisotopic (exact) mass is 475 g/mol. The molecule has 182 valence electrons. The van der Waals surface area contributed by atoms with Crippen molar-refractivity contribution in [3.8, 4) is 5.75 Å². The van der Waals surface area contributed by atoms with Crippen molar-refractivity contribution < 1.29 is 27.4 Å². The summed E-state index contributed by atoms with van der Waals surface area (Å²) in [6.45, 7) is 4.21. The SMILES string of the molecule is COC(=O)Cc1cc2nc(Nc3ccc(OC(F)(F)F)cc3)n(C3CCCC(C)C3)c2cc1C. The van der Waals surface area contributed by atoms with Crippen LogP contribution < -0.4 is 10.1 Å². The highest BCUT2D eigenvalue weighted by molar-refractivity contribution is 5.83. The molecule has 0 spiro atoms. The molecule has 3 aromatic rings. The van der Waals surface area contributed by atoms with Gasteiger partial charge in [0.15, 0.2) is 0 Å². The number of carbonyl (C=O) groups is 1. The first kappa shape index (κ1) is 23.9. The van der Waals surface area contributed by atoms with Gasteiger partial charge in [0.05, 0.1) is 24.6 Å². The first-order valence-corrected chi connectivity index (χ1v) is 11.3. The van der Waals surface area contributed by atoms with Gasteiger partial charge in [-0.25, -0.2) is 4.98 Å². The molecule has 6 nitrogen and oxygen atoms in total. The van der Waals surface area contributed by atoms with E-state index in [0.29, 0.717) is 17.6 Å². The second-order valence-electron chi connectivity index (χ2n) is 8.95. The second kappa shape index (κ2) is 9.56. The molecule has 1 N–H and O–H groups in total. The number of halogens is 3. The first-order valence-electron chi connectivity index (χ1n) is 11.3. The topological polar surface area (TPSA) is 65.4 Å². The minimum absolute atomic E-state index is 0.162. The van der Waals surface area contributed by atoms with Gasteiger partial charge in [-0.3, -0.25) is 4.79 Å². The maximum absolute atomic E-state index is 12.5. The van der Waals surface area contributed by atoms with Crippen LogP contribution in [-0.4, -0.2) is 29.0 Å². The molecule has 0 aliphatic heterocycles. The molecule has 0 saturated heterocycles. The molecular weight excluding hydrogens is 447 g/mol. The Hall–Kier alpha value is -3.23. The van der Waals surface area contributed by atoms with Crippen molar-refractivity contribution in [1.82, 2.24) is 9.55 Å². The average Bonchev–Trinajstić information content (AvgIpc) is 3.10. The largest absolute Gasteiger partial charge is 0.573 e. The molecule has 1 aliphatic carbocycles. The molecule has 0 amide bonds. The van der Waals surface area contributed by atoms with Crippen molar-refractivity contribution in [1.29, 1.82) is 0 Å². The van der Waals surface area contributed by atoms with Gasteiger partial charge in [0, 0.05) is 11.7 Å². The van der Waals surface area contributed by atoms with Gasteiger partial charge in [0.1, 0.15) is 5.75 Å². The van der Waals surface area contributed by atoms with Gasteiger partial charge < -0.3 is 19.4 Å². The summed E-state index contributed by atoms with van der Waals surface area (Å²) in [6, 6.07) is 9.80. The summed E-state index contributed by atoms with van der Waals surface area (Å²) in [6.07, 6.45) is -0.231. The highest BCUT2D eigenvalue weighted by atomic mass is 19.4. The molecule has 1 aromatic heterocycles. The fourth-order valence-electron chi connectivity index (χ4n) is 4.67. The molecule has 2 aromatic carbocycles. The lowest BCUT2D eigenvalue weighted by atomic mass is 9.87. The van der Waals surface area contributed by atoms with Crippen LogP contribution in [0.4, 0.5) is 24.8 Å². The zero-order chi connectivity index (χ0) is 24.5. The number of anilines is 2. The number of methoxy groups -OCH3 is 1. The fourth-order valence-corrected chi connectivity index (χ4v) is 4.67. The summed E-state index contributed by atoms with van der Waals surface area (Å²) in [7, 11) is 1.36. The van der Waals surface area contributed by atoms with E-state index in [1.165, 1.54) is 37.8 Å². The Kier molecular flexibility index (Phi) is 6.72. The van der Waals surface area contributed by atoms with Crippen LogP contribution in [0.1, 0.15) is 49.8 Å². The molecule has 1 aliphatic rings. The van der Waals surface area contributed by atoms with Crippen LogP contribution in [-0.2, 0) is 16.0 Å². The lowest BCUT2D eigenvalue weighted by Crippen LogP contribution is -2.19. The maximum atomic E-state index is 12.5. The maximum Gasteiger partial charge on any atom is 0.573 e. The smallest absolute Gasteiger partial charge is 0.469 e. The number of carbonyl (C=O) groups excluding carboxylic acids is 1. The summed E-state index contributed by atoms with van der Waals surface area (Å²) in [5.74, 6) is 0.606. The summed E-state index contributed by atoms with van der Waals surface area (Å²) < 4.78 is 48.4. The third-order valence-electron chi connectivity index (χ3n) is 6.33. The summed E-state index contributed by atoms with van der Waals surface area (Å²) in [5, 5.41) is 3.28. The Bertz CT molecular complexity index is 1170. The third-order valence-corrected chi connectivity index (χ3v) is 6.33. The third kappa shape index (κ3) is 5.46. The van der Waals surface area contributed by atoms with Crippen molar-refractivity contribution in [2.75, 3.05) is 12.4 Å². The predicted octanol–water partition coefficient (Wildman–Crippen LogP) is 6.45. The van der Waals surface area contributed by atoms with E-state index < -0.39 is 6.36 Å². The first-order chi connectivity index (χ1) is 16.1. The van der Waals surface area contributed by atoms with Crippen LogP contribution in [0.2, 0.25) is 0 Å². The molecule has 34 heavy (non-hydrogen) atoms. The Morgan fingerprint density at radius 3 is 2.59 bits per heavy atom. The molecule has 2 atom stereocenters. The van der Waals surface area contributed by atoms with Crippen molar-refractivity contribution in [3.05, 3.63) is 47.5 Å². The summed E-state index contributed by atoms with van der Waals surface area (Å²) in [4.78, 5) is 16.7. The van der Waals surface area contributed by atoms with Gasteiger partial charge in [-0.1, -0.05) is 19.8 Å². The Morgan fingerprint density at radius 2 is 1.94 bits per heavy atom. The standard InChI is InChI=1S/C25H28F3N3O3/c1-15-5-4-6-19(11-15)31-22-12-16(2)17(14-23(32)33-3)13-21(22)30-24(31)29-18-7-9-20(10-8-18)34-25(26,27)28/h7-10,12-13,15,19H,4-6,11,14H2,1-3H3,(H,29,30).